The molecule has 4 N–H and O–H groups in total. The van der Waals surface area contributed by atoms with E-state index < -0.39 is 11.9 Å². The molecule has 0 aliphatic heterocycles. The highest BCUT2D eigenvalue weighted by Gasteiger charge is 2.12. The Morgan fingerprint density at radius 1 is 0.870 bits per heavy atom. The predicted molar refractivity (Wildman–Crippen MR) is 90.7 cm³/mol. The van der Waals surface area contributed by atoms with Crippen molar-refractivity contribution >= 4 is 23.3 Å². The zero-order valence-corrected chi connectivity index (χ0v) is 13.4. The van der Waals surface area contributed by atoms with Gasteiger partial charge in [0, 0.05) is 12.7 Å². The number of hydrogen-bond donors (Lipinski definition) is 4. The third kappa shape index (κ3) is 4.00. The summed E-state index contributed by atoms with van der Waals surface area (Å²) in [6.45, 7) is 4.06. The number of amides is 3. The van der Waals surface area contributed by atoms with E-state index in [-0.39, 0.29) is 0 Å². The Bertz CT molecular complexity index is 728. The lowest BCUT2D eigenvalue weighted by Gasteiger charge is -2.15. The summed E-state index contributed by atoms with van der Waals surface area (Å²) in [5.74, 6) is -0.401. The van der Waals surface area contributed by atoms with Gasteiger partial charge in [-0.25, -0.2) is 10.2 Å². The average Bonchev–Trinajstić information content (AvgIpc) is 2.57. The van der Waals surface area contributed by atoms with E-state index in [4.69, 9.17) is 0 Å². The van der Waals surface area contributed by atoms with Crippen LogP contribution in [-0.4, -0.2) is 19.0 Å². The molecule has 23 heavy (non-hydrogen) atoms. The molecule has 0 saturated carbocycles. The molecular weight excluding hydrogens is 292 g/mol. The second kappa shape index (κ2) is 7.31. The number of urea groups is 1. The number of rotatable bonds is 3. The van der Waals surface area contributed by atoms with Gasteiger partial charge in [0.25, 0.3) is 5.91 Å². The fourth-order valence-electron chi connectivity index (χ4n) is 2.07. The molecule has 0 aliphatic rings. The van der Waals surface area contributed by atoms with Crippen LogP contribution in [-0.2, 0) is 0 Å². The number of para-hydroxylation sites is 1. The van der Waals surface area contributed by atoms with Gasteiger partial charge < -0.3 is 10.6 Å². The molecule has 2 rings (SSSR count). The molecule has 0 aromatic heterocycles. The highest BCUT2D eigenvalue weighted by atomic mass is 16.2. The Hall–Kier alpha value is -3.02. The SMILES string of the molecule is CNC(=O)NNC(=O)c1ccccc1Nc1cccc(C)c1C. The molecule has 0 fully saturated rings. The van der Waals surface area contributed by atoms with Gasteiger partial charge in [0.15, 0.2) is 0 Å². The maximum atomic E-state index is 12.2. The van der Waals surface area contributed by atoms with Crippen molar-refractivity contribution in [2.24, 2.45) is 0 Å². The number of carbonyl (C=O) groups is 2. The average molecular weight is 312 g/mol. The maximum absolute atomic E-state index is 12.2. The topological polar surface area (TPSA) is 82.3 Å². The van der Waals surface area contributed by atoms with Gasteiger partial charge >= 0.3 is 6.03 Å². The van der Waals surface area contributed by atoms with Gasteiger partial charge in [-0.2, -0.15) is 0 Å². The molecule has 0 atom stereocenters. The summed E-state index contributed by atoms with van der Waals surface area (Å²) >= 11 is 0. The van der Waals surface area contributed by atoms with Crippen LogP contribution in [0.15, 0.2) is 42.5 Å². The fourth-order valence-corrected chi connectivity index (χ4v) is 2.07. The third-order valence-corrected chi connectivity index (χ3v) is 3.56. The number of hydrogen-bond acceptors (Lipinski definition) is 3. The van der Waals surface area contributed by atoms with E-state index in [2.05, 4.69) is 21.5 Å². The Labute approximate surface area is 135 Å². The molecule has 0 saturated heterocycles. The van der Waals surface area contributed by atoms with Crippen molar-refractivity contribution in [1.82, 2.24) is 16.2 Å². The molecule has 0 unspecified atom stereocenters. The van der Waals surface area contributed by atoms with Crippen LogP contribution in [0, 0.1) is 13.8 Å². The first kappa shape index (κ1) is 16.4. The van der Waals surface area contributed by atoms with Gasteiger partial charge in [-0.1, -0.05) is 24.3 Å². The standard InChI is InChI=1S/C17H20N4O2/c1-11-7-6-10-14(12(11)2)19-15-9-5-4-8-13(15)16(22)20-21-17(23)18-3/h4-10,19H,1-3H3,(H,20,22)(H2,18,21,23). The first-order valence-electron chi connectivity index (χ1n) is 7.23. The number of hydrazine groups is 1. The summed E-state index contributed by atoms with van der Waals surface area (Å²) < 4.78 is 0. The zero-order valence-electron chi connectivity index (χ0n) is 13.4. The van der Waals surface area contributed by atoms with Crippen LogP contribution in [0.1, 0.15) is 21.5 Å². The van der Waals surface area contributed by atoms with Crippen molar-refractivity contribution in [1.29, 1.82) is 0 Å². The van der Waals surface area contributed by atoms with Crippen LogP contribution in [0.25, 0.3) is 0 Å². The Morgan fingerprint density at radius 2 is 1.57 bits per heavy atom. The van der Waals surface area contributed by atoms with E-state index in [0.717, 1.165) is 11.3 Å². The van der Waals surface area contributed by atoms with Crippen molar-refractivity contribution in [3.8, 4) is 0 Å². The van der Waals surface area contributed by atoms with Crippen molar-refractivity contribution in [2.75, 3.05) is 12.4 Å². The van der Waals surface area contributed by atoms with Gasteiger partial charge in [0.1, 0.15) is 0 Å². The van der Waals surface area contributed by atoms with Gasteiger partial charge in [0.05, 0.1) is 11.3 Å². The van der Waals surface area contributed by atoms with Crippen LogP contribution in [0.3, 0.4) is 0 Å². The molecule has 0 heterocycles. The van der Waals surface area contributed by atoms with Gasteiger partial charge in [-0.05, 0) is 43.2 Å². The Kier molecular flexibility index (Phi) is 5.19. The van der Waals surface area contributed by atoms with Crippen molar-refractivity contribution in [3.63, 3.8) is 0 Å². The van der Waals surface area contributed by atoms with Gasteiger partial charge in [0.2, 0.25) is 0 Å². The van der Waals surface area contributed by atoms with E-state index in [9.17, 15) is 9.59 Å². The Balaban J connectivity index is 2.22. The highest BCUT2D eigenvalue weighted by molar-refractivity contribution is 6.01. The summed E-state index contributed by atoms with van der Waals surface area (Å²) in [6, 6.07) is 12.6. The lowest BCUT2D eigenvalue weighted by atomic mass is 10.1. The summed E-state index contributed by atoms with van der Waals surface area (Å²) in [5, 5.41) is 5.63. The molecule has 2 aromatic rings. The molecule has 0 spiro atoms. The van der Waals surface area contributed by atoms with Crippen LogP contribution in [0.2, 0.25) is 0 Å². The van der Waals surface area contributed by atoms with E-state index in [0.29, 0.717) is 11.3 Å². The van der Waals surface area contributed by atoms with E-state index in [1.54, 1.807) is 12.1 Å². The first-order chi connectivity index (χ1) is 11.0. The van der Waals surface area contributed by atoms with E-state index in [1.165, 1.54) is 12.6 Å². The number of benzene rings is 2. The third-order valence-electron chi connectivity index (χ3n) is 3.56. The van der Waals surface area contributed by atoms with Crippen molar-refractivity contribution in [2.45, 2.75) is 13.8 Å². The van der Waals surface area contributed by atoms with E-state index in [1.807, 2.05) is 44.2 Å². The summed E-state index contributed by atoms with van der Waals surface area (Å²) in [5.41, 5.74) is 8.94. The molecular formula is C17H20N4O2. The molecule has 0 radical (unpaired) electrons. The quantitative estimate of drug-likeness (QED) is 0.658. The second-order valence-electron chi connectivity index (χ2n) is 5.08. The van der Waals surface area contributed by atoms with Gasteiger partial charge in [-0.15, -0.1) is 0 Å². The number of nitrogens with one attached hydrogen (secondary N) is 4. The van der Waals surface area contributed by atoms with Crippen molar-refractivity contribution in [3.05, 3.63) is 59.2 Å². The van der Waals surface area contributed by atoms with Crippen molar-refractivity contribution < 1.29 is 9.59 Å². The molecule has 0 aliphatic carbocycles. The van der Waals surface area contributed by atoms with Gasteiger partial charge in [-0.3, -0.25) is 10.2 Å². The first-order valence-corrected chi connectivity index (χ1v) is 7.23. The minimum absolute atomic E-state index is 0.401. The normalized spacial score (nSPS) is 9.87. The predicted octanol–water partition coefficient (Wildman–Crippen LogP) is 2.62. The zero-order chi connectivity index (χ0) is 16.8. The van der Waals surface area contributed by atoms with Crippen LogP contribution >= 0.6 is 0 Å². The number of aryl methyl sites for hydroxylation is 1. The molecule has 2 aromatic carbocycles. The van der Waals surface area contributed by atoms with Crippen LogP contribution in [0.5, 0.6) is 0 Å². The minimum Gasteiger partial charge on any atom is -0.355 e. The summed E-state index contributed by atoms with van der Waals surface area (Å²) in [6.07, 6.45) is 0. The number of carbonyl (C=O) groups excluding carboxylic acids is 2. The summed E-state index contributed by atoms with van der Waals surface area (Å²) in [4.78, 5) is 23.4. The second-order valence-corrected chi connectivity index (χ2v) is 5.08. The lowest BCUT2D eigenvalue weighted by Crippen LogP contribution is -2.45. The van der Waals surface area contributed by atoms with Crippen LogP contribution in [0.4, 0.5) is 16.2 Å². The lowest BCUT2D eigenvalue weighted by molar-refractivity contribution is 0.0937. The smallest absolute Gasteiger partial charge is 0.333 e. The monoisotopic (exact) mass is 312 g/mol. The largest absolute Gasteiger partial charge is 0.355 e. The Morgan fingerprint density at radius 3 is 2.30 bits per heavy atom. The molecule has 0 bridgehead atoms. The van der Waals surface area contributed by atoms with Crippen LogP contribution < -0.4 is 21.5 Å². The maximum Gasteiger partial charge on any atom is 0.333 e. The molecule has 3 amide bonds. The minimum atomic E-state index is -0.488. The fraction of sp³-hybridized carbons (Fsp3) is 0.176. The molecule has 6 nitrogen and oxygen atoms in total. The van der Waals surface area contributed by atoms with E-state index >= 15 is 0 Å². The molecule has 120 valence electrons. The highest BCUT2D eigenvalue weighted by Crippen LogP contribution is 2.25. The summed E-state index contributed by atoms with van der Waals surface area (Å²) in [7, 11) is 1.47. The number of anilines is 2. The molecule has 6 heteroatoms.